The molecule has 1 heterocycles. The molecule has 1 N–H and O–H groups in total. The summed E-state index contributed by atoms with van der Waals surface area (Å²) in [5.41, 5.74) is 1.85. The number of barbiturate groups is 1. The molecule has 0 saturated carbocycles. The van der Waals surface area contributed by atoms with Crippen LogP contribution in [-0.2, 0) is 16.0 Å². The lowest BCUT2D eigenvalue weighted by Gasteiger charge is -2.26. The van der Waals surface area contributed by atoms with Crippen LogP contribution in [-0.4, -0.2) is 24.5 Å². The number of anilines is 1. The normalized spacial score (nSPS) is 14.9. The number of imide groups is 2. The largest absolute Gasteiger partial charge is 0.494 e. The molecule has 1 fully saturated rings. The Morgan fingerprint density at radius 2 is 1.86 bits per heavy atom. The second-order valence-corrected chi connectivity index (χ2v) is 9.22. The van der Waals surface area contributed by atoms with E-state index in [1.807, 2.05) is 6.92 Å². The second-order valence-electron chi connectivity index (χ2n) is 7.62. The van der Waals surface area contributed by atoms with E-state index in [0.717, 1.165) is 14.0 Å². The lowest BCUT2D eigenvalue weighted by molar-refractivity contribution is -0.122. The van der Waals surface area contributed by atoms with Crippen molar-refractivity contribution in [2.45, 2.75) is 13.3 Å². The number of benzene rings is 3. The standard InChI is InChI=1S/C26H19ClFIN2O4/c1-2-35-23-12-15(11-22(29)19(23)13-16-6-3-4-9-21(16)28)10-20-24(32)30-26(34)31(25(20)33)18-8-5-7-17(27)14-18/h3-12,14H,2,13H2,1H3,(H,30,32,34)/b20-10+. The van der Waals surface area contributed by atoms with Crippen LogP contribution in [0.3, 0.4) is 0 Å². The first-order chi connectivity index (χ1) is 16.8. The summed E-state index contributed by atoms with van der Waals surface area (Å²) >= 11 is 8.13. The van der Waals surface area contributed by atoms with Gasteiger partial charge in [-0.25, -0.2) is 14.1 Å². The Balaban J connectivity index is 1.73. The number of urea groups is 1. The van der Waals surface area contributed by atoms with Gasteiger partial charge in [0.05, 0.1) is 12.3 Å². The van der Waals surface area contributed by atoms with Gasteiger partial charge in [-0.05, 0) is 83.1 Å². The van der Waals surface area contributed by atoms with E-state index in [1.165, 1.54) is 18.2 Å². The van der Waals surface area contributed by atoms with Crippen molar-refractivity contribution in [2.24, 2.45) is 0 Å². The predicted octanol–water partition coefficient (Wildman–Crippen LogP) is 5.74. The zero-order valence-electron chi connectivity index (χ0n) is 18.5. The summed E-state index contributed by atoms with van der Waals surface area (Å²) in [4.78, 5) is 39.0. The molecule has 3 aromatic rings. The van der Waals surface area contributed by atoms with E-state index in [-0.39, 0.29) is 17.1 Å². The van der Waals surface area contributed by atoms with Gasteiger partial charge in [0.2, 0.25) is 0 Å². The summed E-state index contributed by atoms with van der Waals surface area (Å²) in [7, 11) is 0. The third-order valence-corrected chi connectivity index (χ3v) is 6.48. The molecule has 35 heavy (non-hydrogen) atoms. The van der Waals surface area contributed by atoms with Gasteiger partial charge in [-0.15, -0.1) is 0 Å². The van der Waals surface area contributed by atoms with Crippen LogP contribution in [0.4, 0.5) is 14.9 Å². The summed E-state index contributed by atoms with van der Waals surface area (Å²) in [6.45, 7) is 2.20. The monoisotopic (exact) mass is 604 g/mol. The molecule has 6 nitrogen and oxygen atoms in total. The maximum Gasteiger partial charge on any atom is 0.335 e. The third-order valence-electron chi connectivity index (χ3n) is 5.28. The molecule has 0 radical (unpaired) electrons. The van der Waals surface area contributed by atoms with Gasteiger partial charge in [-0.2, -0.15) is 0 Å². The summed E-state index contributed by atoms with van der Waals surface area (Å²) in [5.74, 6) is -1.38. The highest BCUT2D eigenvalue weighted by Crippen LogP contribution is 2.31. The Bertz CT molecular complexity index is 1380. The lowest BCUT2D eigenvalue weighted by Crippen LogP contribution is -2.54. The third kappa shape index (κ3) is 5.38. The van der Waals surface area contributed by atoms with Crippen molar-refractivity contribution in [3.8, 4) is 5.75 Å². The Morgan fingerprint density at radius 3 is 2.57 bits per heavy atom. The van der Waals surface area contributed by atoms with E-state index < -0.39 is 17.8 Å². The van der Waals surface area contributed by atoms with Crippen LogP contribution in [0.5, 0.6) is 5.75 Å². The van der Waals surface area contributed by atoms with Gasteiger partial charge in [0.1, 0.15) is 17.1 Å². The number of rotatable bonds is 6. The van der Waals surface area contributed by atoms with Crippen LogP contribution >= 0.6 is 34.2 Å². The van der Waals surface area contributed by atoms with Crippen molar-refractivity contribution in [1.29, 1.82) is 0 Å². The average Bonchev–Trinajstić information content (AvgIpc) is 2.80. The first kappa shape index (κ1) is 24.9. The first-order valence-electron chi connectivity index (χ1n) is 10.6. The molecule has 0 aliphatic carbocycles. The molecule has 1 aliphatic rings. The number of nitrogens with zero attached hydrogens (tertiary/aromatic N) is 1. The molecule has 0 spiro atoms. The van der Waals surface area contributed by atoms with Gasteiger partial charge in [0.25, 0.3) is 11.8 Å². The quantitative estimate of drug-likeness (QED) is 0.221. The Kier molecular flexibility index (Phi) is 7.51. The summed E-state index contributed by atoms with van der Waals surface area (Å²) in [6.07, 6.45) is 1.72. The molecule has 178 valence electrons. The van der Waals surface area contributed by atoms with Gasteiger partial charge in [0.15, 0.2) is 0 Å². The minimum absolute atomic E-state index is 0.218. The van der Waals surface area contributed by atoms with E-state index >= 15 is 0 Å². The maximum absolute atomic E-state index is 14.3. The number of amides is 4. The highest BCUT2D eigenvalue weighted by molar-refractivity contribution is 14.1. The summed E-state index contributed by atoms with van der Waals surface area (Å²) in [5, 5.41) is 2.53. The second kappa shape index (κ2) is 10.6. The highest BCUT2D eigenvalue weighted by atomic mass is 127. The van der Waals surface area contributed by atoms with E-state index in [9.17, 15) is 18.8 Å². The number of hydrogen-bond acceptors (Lipinski definition) is 4. The fourth-order valence-corrected chi connectivity index (χ4v) is 4.68. The maximum atomic E-state index is 14.3. The SMILES string of the molecule is CCOc1cc(/C=C2\C(=O)NC(=O)N(c3cccc(Cl)c3)C2=O)cc(I)c1Cc1ccccc1F. The van der Waals surface area contributed by atoms with E-state index in [0.29, 0.717) is 34.9 Å². The molecule has 0 atom stereocenters. The van der Waals surface area contributed by atoms with Crippen molar-refractivity contribution in [2.75, 3.05) is 11.5 Å². The highest BCUT2D eigenvalue weighted by Gasteiger charge is 2.37. The first-order valence-corrected chi connectivity index (χ1v) is 12.1. The zero-order chi connectivity index (χ0) is 25.1. The molecule has 0 aromatic heterocycles. The molecular weight excluding hydrogens is 586 g/mol. The van der Waals surface area contributed by atoms with E-state index in [2.05, 4.69) is 27.9 Å². The minimum Gasteiger partial charge on any atom is -0.494 e. The number of carbonyl (C=O) groups is 3. The fourth-order valence-electron chi connectivity index (χ4n) is 3.68. The average molecular weight is 605 g/mol. The zero-order valence-corrected chi connectivity index (χ0v) is 21.4. The molecule has 4 rings (SSSR count). The van der Waals surface area contributed by atoms with Crippen LogP contribution in [0.1, 0.15) is 23.6 Å². The molecule has 1 saturated heterocycles. The van der Waals surface area contributed by atoms with E-state index in [4.69, 9.17) is 16.3 Å². The Morgan fingerprint density at radius 1 is 1.09 bits per heavy atom. The van der Waals surface area contributed by atoms with Gasteiger partial charge in [-0.3, -0.25) is 14.9 Å². The van der Waals surface area contributed by atoms with Gasteiger partial charge < -0.3 is 4.74 Å². The molecule has 4 amide bonds. The topological polar surface area (TPSA) is 75.7 Å². The molecule has 0 unspecified atom stereocenters. The van der Waals surface area contributed by atoms with Crippen molar-refractivity contribution in [3.05, 3.63) is 97.3 Å². The van der Waals surface area contributed by atoms with E-state index in [1.54, 1.807) is 48.5 Å². The molecular formula is C26H19ClFIN2O4. The van der Waals surface area contributed by atoms with Crippen molar-refractivity contribution >= 4 is 63.8 Å². The van der Waals surface area contributed by atoms with Gasteiger partial charge in [-0.1, -0.05) is 35.9 Å². The molecule has 1 aliphatic heterocycles. The summed E-state index contributed by atoms with van der Waals surface area (Å²) in [6, 6.07) is 15.3. The fraction of sp³-hybridized carbons (Fsp3) is 0.115. The van der Waals surface area contributed by atoms with Crippen LogP contribution in [0.15, 0.2) is 66.2 Å². The smallest absolute Gasteiger partial charge is 0.335 e. The van der Waals surface area contributed by atoms with Gasteiger partial charge >= 0.3 is 6.03 Å². The lowest BCUT2D eigenvalue weighted by atomic mass is 10.00. The predicted molar refractivity (Wildman–Crippen MR) is 140 cm³/mol. The van der Waals surface area contributed by atoms with Crippen LogP contribution < -0.4 is 15.0 Å². The Labute approximate surface area is 219 Å². The molecule has 9 heteroatoms. The van der Waals surface area contributed by atoms with Crippen molar-refractivity contribution < 1.29 is 23.5 Å². The van der Waals surface area contributed by atoms with Gasteiger partial charge in [0, 0.05) is 20.6 Å². The number of carbonyl (C=O) groups excluding carboxylic acids is 3. The number of ether oxygens (including phenoxy) is 1. The minimum atomic E-state index is -0.857. The summed E-state index contributed by atoms with van der Waals surface area (Å²) < 4.78 is 20.8. The van der Waals surface area contributed by atoms with Crippen LogP contribution in [0.2, 0.25) is 5.02 Å². The van der Waals surface area contributed by atoms with Crippen LogP contribution in [0.25, 0.3) is 6.08 Å². The Hall–Kier alpha value is -3.24. The number of nitrogens with one attached hydrogen (secondary N) is 1. The van der Waals surface area contributed by atoms with Crippen molar-refractivity contribution in [3.63, 3.8) is 0 Å². The number of hydrogen-bond donors (Lipinski definition) is 1. The van der Waals surface area contributed by atoms with Crippen molar-refractivity contribution in [1.82, 2.24) is 5.32 Å². The molecule has 0 bridgehead atoms. The number of halogens is 3. The molecule has 3 aromatic carbocycles. The van der Waals surface area contributed by atoms with Crippen LogP contribution in [0, 0.1) is 9.39 Å².